The largest absolute Gasteiger partial charge is 0.506 e. The Morgan fingerprint density at radius 1 is 1.02 bits per heavy atom. The number of hydrogen-bond donors (Lipinski definition) is 2. The van der Waals surface area contributed by atoms with Crippen molar-refractivity contribution in [2.24, 2.45) is 5.41 Å². The molecule has 0 amide bonds. The zero-order valence-corrected chi connectivity index (χ0v) is 34.2. The molecular weight excluding hydrogens is 744 g/mol. The van der Waals surface area contributed by atoms with Gasteiger partial charge < -0.3 is 62.3 Å². The molecule has 312 valence electrons. The number of benzene rings is 2. The van der Waals surface area contributed by atoms with Crippen molar-refractivity contribution in [3.63, 3.8) is 0 Å². The lowest BCUT2D eigenvalue weighted by molar-refractivity contribution is -0.353. The van der Waals surface area contributed by atoms with E-state index < -0.39 is 89.5 Å². The van der Waals surface area contributed by atoms with Gasteiger partial charge in [0.15, 0.2) is 30.6 Å². The highest BCUT2D eigenvalue weighted by Crippen LogP contribution is 2.72. The van der Waals surface area contributed by atoms with E-state index in [4.69, 9.17) is 52.1 Å². The molecule has 5 saturated heterocycles. The van der Waals surface area contributed by atoms with E-state index >= 15 is 0 Å². The number of methoxy groups -OCH3 is 2. The van der Waals surface area contributed by atoms with Gasteiger partial charge in [0.2, 0.25) is 11.4 Å². The van der Waals surface area contributed by atoms with Crippen LogP contribution in [-0.2, 0) is 53.8 Å². The highest BCUT2D eigenvalue weighted by atomic mass is 16.9. The van der Waals surface area contributed by atoms with Crippen LogP contribution >= 0.6 is 0 Å². The summed E-state index contributed by atoms with van der Waals surface area (Å²) in [6, 6.07) is 1.94. The van der Waals surface area contributed by atoms with Crippen molar-refractivity contribution in [1.82, 2.24) is 0 Å². The molecule has 13 atom stereocenters. The lowest BCUT2D eigenvalue weighted by Gasteiger charge is -2.51. The number of aromatic hydroxyl groups is 1. The number of epoxide rings is 1. The van der Waals surface area contributed by atoms with Crippen LogP contribution in [0.3, 0.4) is 0 Å². The molecule has 7 aliphatic rings. The average molecular weight is 799 g/mol. The molecular formula is C42H54O15. The molecule has 5 fully saturated rings. The third kappa shape index (κ3) is 5.36. The third-order valence-corrected chi connectivity index (χ3v) is 13.5. The lowest BCUT2D eigenvalue weighted by atomic mass is 9.77. The number of carbonyl (C=O) groups excluding carboxylic acids is 2. The van der Waals surface area contributed by atoms with Gasteiger partial charge in [0.1, 0.15) is 35.1 Å². The Hall–Kier alpha value is -3.12. The van der Waals surface area contributed by atoms with E-state index in [1.807, 2.05) is 26.8 Å². The first kappa shape index (κ1) is 39.3. The number of ether oxygens (including phenoxy) is 11. The summed E-state index contributed by atoms with van der Waals surface area (Å²) in [5, 5.41) is 24.1. The van der Waals surface area contributed by atoms with Crippen molar-refractivity contribution in [2.45, 2.75) is 166 Å². The van der Waals surface area contributed by atoms with Crippen LogP contribution in [0.25, 0.3) is 10.8 Å². The number of aliphatic hydroxyl groups is 1. The number of phenols is 1. The fourth-order valence-corrected chi connectivity index (χ4v) is 11.0. The van der Waals surface area contributed by atoms with E-state index in [1.165, 1.54) is 6.92 Å². The molecule has 1 spiro atoms. The Morgan fingerprint density at radius 2 is 1.72 bits per heavy atom. The molecule has 2 aromatic rings. The van der Waals surface area contributed by atoms with Gasteiger partial charge >= 0.3 is 5.97 Å². The summed E-state index contributed by atoms with van der Waals surface area (Å²) in [6.07, 6.45) is -3.87. The van der Waals surface area contributed by atoms with Gasteiger partial charge in [0.05, 0.1) is 43.0 Å². The molecule has 57 heavy (non-hydrogen) atoms. The molecule has 0 radical (unpaired) electrons. The highest BCUT2D eigenvalue weighted by Gasteiger charge is 2.92. The molecule has 0 saturated carbocycles. The monoisotopic (exact) mass is 798 g/mol. The Morgan fingerprint density at radius 3 is 2.35 bits per heavy atom. The Kier molecular flexibility index (Phi) is 8.93. The number of rotatable bonds is 8. The number of Topliss-reactive ketones (excluding diaryl/α,β-unsaturated/α-hetero) is 1. The van der Waals surface area contributed by atoms with E-state index in [9.17, 15) is 19.8 Å². The maximum absolute atomic E-state index is 13.3. The van der Waals surface area contributed by atoms with E-state index in [2.05, 4.69) is 13.8 Å². The van der Waals surface area contributed by atoms with Crippen LogP contribution in [-0.4, -0.2) is 115 Å². The molecule has 2 aromatic carbocycles. The molecule has 6 heterocycles. The second kappa shape index (κ2) is 12.9. The van der Waals surface area contributed by atoms with Crippen molar-refractivity contribution >= 4 is 22.5 Å². The van der Waals surface area contributed by atoms with Crippen molar-refractivity contribution in [3.8, 4) is 17.2 Å². The summed E-state index contributed by atoms with van der Waals surface area (Å²) < 4.78 is 70.6. The van der Waals surface area contributed by atoms with Crippen LogP contribution < -0.4 is 9.47 Å². The van der Waals surface area contributed by atoms with Crippen molar-refractivity contribution in [1.29, 1.82) is 0 Å². The minimum absolute atomic E-state index is 0.0996. The van der Waals surface area contributed by atoms with Gasteiger partial charge in [0, 0.05) is 49.8 Å². The Labute approximate surface area is 331 Å². The number of hydrogen-bond acceptors (Lipinski definition) is 15. The van der Waals surface area contributed by atoms with Gasteiger partial charge in [0.25, 0.3) is 5.79 Å². The number of esters is 1. The summed E-state index contributed by atoms with van der Waals surface area (Å²) in [4.78, 5) is 25.0. The third-order valence-electron chi connectivity index (χ3n) is 13.5. The van der Waals surface area contributed by atoms with E-state index in [0.29, 0.717) is 59.1 Å². The second-order valence-corrected chi connectivity index (χ2v) is 17.9. The number of carbonyl (C=O) groups is 2. The number of phenolic OH excluding ortho intramolecular Hbond substituents is 1. The standard InChI is InChI=1S/C42H54O15/c1-18-14-24-30(31(45)29-23(32(24)47-9)12-11-13-25(29)44)33-28(18)34-37-42(48-10,55-33)40(17-49-40)41(56-34,57-37)21(4)52-26-15-38(6,7)35(19(2)50-26)54-27-16-39(8,46)36(20(3)51-27)53-22(5)43/h14,19-21,26-27,34-37,45-46H,11-13,15-17H2,1-10H3/t19?,20?,21?,26?,27?,34?,35?,36?,37?,39?,40?,41-,42?/m1/s1. The maximum atomic E-state index is 13.3. The normalized spacial score (nSPS) is 41.7. The first-order valence-electron chi connectivity index (χ1n) is 20.0. The second-order valence-electron chi connectivity index (χ2n) is 17.9. The first-order valence-corrected chi connectivity index (χ1v) is 20.0. The van der Waals surface area contributed by atoms with Gasteiger partial charge in [-0.15, -0.1) is 0 Å². The number of ketones is 1. The topological polar surface area (TPSA) is 179 Å². The van der Waals surface area contributed by atoms with Crippen molar-refractivity contribution in [3.05, 3.63) is 28.3 Å². The van der Waals surface area contributed by atoms with Crippen LogP contribution in [0.5, 0.6) is 17.2 Å². The SMILES string of the molecule is COc1c2c(c(O)c3c4c(c(C)cc13)C1O[C@]3(C(C)OC5CC(C)(C)C(OC6CC(C)(O)C(OC(C)=O)C(C)O6)C(C)O5)OC1C(OC)(O4)C31CO1)C(=O)CCC2. The molecule has 6 aliphatic heterocycles. The molecule has 12 unspecified atom stereocenters. The summed E-state index contributed by atoms with van der Waals surface area (Å²) in [5.41, 5.74) is -0.632. The smallest absolute Gasteiger partial charge is 0.303 e. The molecule has 15 nitrogen and oxygen atoms in total. The molecule has 2 bridgehead atoms. The zero-order valence-electron chi connectivity index (χ0n) is 34.2. The summed E-state index contributed by atoms with van der Waals surface area (Å²) in [6.45, 7) is 14.7. The van der Waals surface area contributed by atoms with Crippen LogP contribution in [0.1, 0.15) is 107 Å². The van der Waals surface area contributed by atoms with Gasteiger partial charge in [-0.05, 0) is 64.5 Å². The highest BCUT2D eigenvalue weighted by molar-refractivity contribution is 6.11. The quantitative estimate of drug-likeness (QED) is 0.274. The molecule has 9 rings (SSSR count). The predicted molar refractivity (Wildman–Crippen MR) is 198 cm³/mol. The minimum Gasteiger partial charge on any atom is -0.506 e. The van der Waals surface area contributed by atoms with Gasteiger partial charge in [-0.3, -0.25) is 9.59 Å². The fourth-order valence-electron chi connectivity index (χ4n) is 11.0. The van der Waals surface area contributed by atoms with Crippen molar-refractivity contribution in [2.75, 3.05) is 20.8 Å². The van der Waals surface area contributed by atoms with Gasteiger partial charge in [-0.25, -0.2) is 0 Å². The van der Waals surface area contributed by atoms with Crippen LogP contribution in [0, 0.1) is 12.3 Å². The zero-order chi connectivity index (χ0) is 40.8. The molecule has 0 aromatic heterocycles. The van der Waals surface area contributed by atoms with Crippen LogP contribution in [0.15, 0.2) is 6.07 Å². The van der Waals surface area contributed by atoms with Crippen LogP contribution in [0.4, 0.5) is 0 Å². The summed E-state index contributed by atoms with van der Waals surface area (Å²) in [5.74, 6) is -2.87. The number of fused-ring (bicyclic) bond motifs is 8. The Balaban J connectivity index is 0.991. The average Bonchev–Trinajstić information content (AvgIpc) is 3.77. The minimum atomic E-state index is -1.49. The maximum Gasteiger partial charge on any atom is 0.303 e. The number of aryl methyl sites for hydroxylation is 1. The van der Waals surface area contributed by atoms with Crippen molar-refractivity contribution < 1.29 is 71.9 Å². The first-order chi connectivity index (χ1) is 26.8. The Bertz CT molecular complexity index is 2020. The van der Waals surface area contributed by atoms with Crippen LogP contribution in [0.2, 0.25) is 0 Å². The molecule has 2 N–H and O–H groups in total. The van der Waals surface area contributed by atoms with E-state index in [-0.39, 0.29) is 30.1 Å². The predicted octanol–water partition coefficient (Wildman–Crippen LogP) is 4.82. The lowest BCUT2D eigenvalue weighted by Crippen LogP contribution is -2.70. The molecule has 1 aliphatic carbocycles. The molecule has 15 heteroatoms. The summed E-state index contributed by atoms with van der Waals surface area (Å²) >= 11 is 0. The fraction of sp³-hybridized carbons (Fsp3) is 0.714. The van der Waals surface area contributed by atoms with E-state index in [1.54, 1.807) is 28.1 Å². The summed E-state index contributed by atoms with van der Waals surface area (Å²) in [7, 11) is 3.11. The van der Waals surface area contributed by atoms with Gasteiger partial charge in [-0.2, -0.15) is 0 Å². The van der Waals surface area contributed by atoms with Gasteiger partial charge in [-0.1, -0.05) is 13.8 Å². The van der Waals surface area contributed by atoms with E-state index in [0.717, 1.165) is 5.56 Å².